The summed E-state index contributed by atoms with van der Waals surface area (Å²) in [4.78, 5) is 0. The molecule has 1 aromatic heterocycles. The van der Waals surface area contributed by atoms with Crippen molar-refractivity contribution < 1.29 is 9.47 Å². The van der Waals surface area contributed by atoms with Crippen molar-refractivity contribution in [3.05, 3.63) is 42.6 Å². The van der Waals surface area contributed by atoms with Gasteiger partial charge >= 0.3 is 0 Å². The monoisotopic (exact) mass is 528 g/mol. The molecule has 0 radical (unpaired) electrons. The fourth-order valence-electron chi connectivity index (χ4n) is 3.80. The molecule has 0 atom stereocenters. The summed E-state index contributed by atoms with van der Waals surface area (Å²) in [7, 11) is 0. The predicted molar refractivity (Wildman–Crippen MR) is 126 cm³/mol. The lowest BCUT2D eigenvalue weighted by Crippen LogP contribution is -2.52. The molecule has 0 N–H and O–H groups in total. The highest BCUT2D eigenvalue weighted by molar-refractivity contribution is 7.19. The highest BCUT2D eigenvalue weighted by Gasteiger charge is 2.29. The van der Waals surface area contributed by atoms with Gasteiger partial charge in [0.05, 0.1) is 15.1 Å². The number of thiophene rings is 1. The molecule has 0 amide bonds. The molecule has 4 nitrogen and oxygen atoms in total. The van der Waals surface area contributed by atoms with Gasteiger partial charge in [0.1, 0.15) is 27.3 Å². The van der Waals surface area contributed by atoms with E-state index in [2.05, 4.69) is 10.0 Å². The summed E-state index contributed by atoms with van der Waals surface area (Å²) < 4.78 is 12.6. The van der Waals surface area contributed by atoms with Crippen LogP contribution in [0, 0.1) is 0 Å². The maximum Gasteiger partial charge on any atom is 0.196 e. The number of hydrazine groups is 1. The van der Waals surface area contributed by atoms with Crippen LogP contribution in [0.1, 0.15) is 25.7 Å². The smallest absolute Gasteiger partial charge is 0.196 e. The minimum atomic E-state index is 0.125. The third-order valence-corrected chi connectivity index (χ3v) is 8.62. The number of ether oxygens (including phenoxy) is 2. The molecular formula is C20H21Cl5N2O2S. The van der Waals surface area contributed by atoms with E-state index in [0.717, 1.165) is 57.6 Å². The molecule has 3 heterocycles. The Hall–Kier alpha value is -0.110. The van der Waals surface area contributed by atoms with Crippen LogP contribution in [0.2, 0.25) is 24.4 Å². The normalized spacial score (nSPS) is 19.9. The number of halogens is 5. The first kappa shape index (κ1) is 23.1. The molecule has 0 saturated carbocycles. The molecule has 4 rings (SSSR count). The maximum atomic E-state index is 6.20. The van der Waals surface area contributed by atoms with Gasteiger partial charge in [-0.2, -0.15) is 0 Å². The fourth-order valence-corrected chi connectivity index (χ4v) is 5.74. The molecule has 2 aliphatic heterocycles. The van der Waals surface area contributed by atoms with Gasteiger partial charge in [0.2, 0.25) is 0 Å². The van der Waals surface area contributed by atoms with Gasteiger partial charge in [-0.15, -0.1) is 0 Å². The van der Waals surface area contributed by atoms with Crippen molar-refractivity contribution in [1.82, 2.24) is 10.0 Å². The Morgan fingerprint density at radius 1 is 0.733 bits per heavy atom. The number of rotatable bonds is 5. The van der Waals surface area contributed by atoms with E-state index in [0.29, 0.717) is 29.5 Å². The van der Waals surface area contributed by atoms with E-state index in [1.54, 1.807) is 12.1 Å². The highest BCUT2D eigenvalue weighted by atomic mass is 35.5. The van der Waals surface area contributed by atoms with Crippen molar-refractivity contribution in [3.8, 4) is 10.8 Å². The Balaban J connectivity index is 1.22. The van der Waals surface area contributed by atoms with Crippen molar-refractivity contribution >= 4 is 69.3 Å². The molecule has 2 saturated heterocycles. The lowest BCUT2D eigenvalue weighted by molar-refractivity contribution is -0.0844. The lowest BCUT2D eigenvalue weighted by atomic mass is 10.1. The van der Waals surface area contributed by atoms with Crippen LogP contribution in [0.25, 0.3) is 0 Å². The van der Waals surface area contributed by atoms with Crippen LogP contribution in [0.15, 0.2) is 18.2 Å². The first-order valence-corrected chi connectivity index (χ1v) is 12.5. The quantitative estimate of drug-likeness (QED) is 0.404. The van der Waals surface area contributed by atoms with Crippen LogP contribution in [0.5, 0.6) is 10.8 Å². The van der Waals surface area contributed by atoms with Gasteiger partial charge < -0.3 is 9.47 Å². The van der Waals surface area contributed by atoms with Crippen LogP contribution >= 0.6 is 69.3 Å². The van der Waals surface area contributed by atoms with Crippen LogP contribution in [-0.2, 0) is 0 Å². The number of benzene rings is 1. The van der Waals surface area contributed by atoms with Gasteiger partial charge in [0, 0.05) is 32.2 Å². The summed E-state index contributed by atoms with van der Waals surface area (Å²) in [6.07, 6.45) is 4.12. The molecule has 0 unspecified atom stereocenters. The van der Waals surface area contributed by atoms with Crippen LogP contribution in [0.3, 0.4) is 0 Å². The molecule has 2 aromatic rings. The Bertz CT molecular complexity index is 880. The lowest BCUT2D eigenvalue weighted by Gasteiger charge is -2.42. The highest BCUT2D eigenvalue weighted by Crippen LogP contribution is 2.46. The molecule has 2 fully saturated rings. The van der Waals surface area contributed by atoms with Gasteiger partial charge in [-0.25, -0.2) is 10.0 Å². The molecule has 10 heteroatoms. The first-order chi connectivity index (χ1) is 14.4. The summed E-state index contributed by atoms with van der Waals surface area (Å²) in [5.41, 5.74) is 0. The van der Waals surface area contributed by atoms with Crippen LogP contribution < -0.4 is 9.47 Å². The third kappa shape index (κ3) is 5.44. The second kappa shape index (κ2) is 10.2. The Kier molecular flexibility index (Phi) is 7.86. The topological polar surface area (TPSA) is 24.9 Å². The van der Waals surface area contributed by atoms with E-state index >= 15 is 0 Å². The zero-order valence-corrected chi connectivity index (χ0v) is 20.6. The van der Waals surface area contributed by atoms with Gasteiger partial charge in [-0.05, 0) is 37.8 Å². The van der Waals surface area contributed by atoms with E-state index in [1.807, 2.05) is 6.07 Å². The van der Waals surface area contributed by atoms with Gasteiger partial charge in [-0.1, -0.05) is 69.3 Å². The molecule has 0 spiro atoms. The second-order valence-electron chi connectivity index (χ2n) is 7.41. The predicted octanol–water partition coefficient (Wildman–Crippen LogP) is 7.32. The van der Waals surface area contributed by atoms with E-state index in [1.165, 1.54) is 11.3 Å². The van der Waals surface area contributed by atoms with E-state index in [9.17, 15) is 0 Å². The summed E-state index contributed by atoms with van der Waals surface area (Å²) in [6.45, 7) is 3.85. The zero-order chi connectivity index (χ0) is 21.3. The number of piperidine rings is 2. The minimum absolute atomic E-state index is 0.125. The molecule has 30 heavy (non-hydrogen) atoms. The van der Waals surface area contributed by atoms with E-state index in [-0.39, 0.29) is 12.2 Å². The van der Waals surface area contributed by atoms with Crippen molar-refractivity contribution in [1.29, 1.82) is 0 Å². The average Bonchev–Trinajstić information content (AvgIpc) is 2.98. The largest absolute Gasteiger partial charge is 0.490 e. The summed E-state index contributed by atoms with van der Waals surface area (Å²) >= 11 is 31.6. The van der Waals surface area contributed by atoms with Crippen molar-refractivity contribution in [2.75, 3.05) is 26.2 Å². The third-order valence-electron chi connectivity index (χ3n) is 5.43. The van der Waals surface area contributed by atoms with Gasteiger partial charge in [0.15, 0.2) is 5.06 Å². The second-order valence-corrected chi connectivity index (χ2v) is 10.6. The Labute approximate surface area is 205 Å². The Morgan fingerprint density at radius 3 is 1.80 bits per heavy atom. The minimum Gasteiger partial charge on any atom is -0.490 e. The van der Waals surface area contributed by atoms with Crippen molar-refractivity contribution in [2.24, 2.45) is 0 Å². The summed E-state index contributed by atoms with van der Waals surface area (Å²) in [5, 5.41) is 7.32. The molecule has 1 aromatic carbocycles. The van der Waals surface area contributed by atoms with E-state index < -0.39 is 0 Å². The molecule has 164 valence electrons. The number of nitrogens with zero attached hydrogens (tertiary/aromatic N) is 2. The van der Waals surface area contributed by atoms with Gasteiger partial charge in [0.25, 0.3) is 0 Å². The molecule has 2 aliphatic rings. The average molecular weight is 531 g/mol. The summed E-state index contributed by atoms with van der Waals surface area (Å²) in [6, 6.07) is 5.42. The first-order valence-electron chi connectivity index (χ1n) is 9.82. The number of hydrogen-bond donors (Lipinski definition) is 0. The molecule has 0 aliphatic carbocycles. The van der Waals surface area contributed by atoms with Crippen LogP contribution in [0.4, 0.5) is 0 Å². The van der Waals surface area contributed by atoms with Crippen LogP contribution in [-0.4, -0.2) is 48.4 Å². The molecular weight excluding hydrogens is 510 g/mol. The molecule has 0 bridgehead atoms. The van der Waals surface area contributed by atoms with Crippen molar-refractivity contribution in [2.45, 2.75) is 37.9 Å². The summed E-state index contributed by atoms with van der Waals surface area (Å²) in [5.74, 6) is 0.772. The zero-order valence-electron chi connectivity index (χ0n) is 16.1. The van der Waals surface area contributed by atoms with Gasteiger partial charge in [-0.3, -0.25) is 0 Å². The van der Waals surface area contributed by atoms with Crippen molar-refractivity contribution in [3.63, 3.8) is 0 Å². The standard InChI is InChI=1S/C20H21Cl5N2O2S/c21-15-2-1-14(11-16(15)22)28-12-3-7-26(8-4-12)27-9-5-13(6-10-27)29-20-18(24)17(23)19(25)30-20/h1-2,11-13H,3-10H2. The SMILES string of the molecule is Clc1ccc(OC2CCN(N3CCC(Oc4sc(Cl)c(Cl)c4Cl)CC3)CC2)cc1Cl. The fraction of sp³-hybridized carbons (Fsp3) is 0.500. The maximum absolute atomic E-state index is 6.20. The number of hydrogen-bond acceptors (Lipinski definition) is 5. The van der Waals surface area contributed by atoms with E-state index in [4.69, 9.17) is 67.5 Å². The Morgan fingerprint density at radius 2 is 1.30 bits per heavy atom.